The average Bonchev–Trinajstić information content (AvgIpc) is 3.18. The van der Waals surface area contributed by atoms with E-state index in [1.165, 1.54) is 10.9 Å². The summed E-state index contributed by atoms with van der Waals surface area (Å²) in [7, 11) is 0. The van der Waals surface area contributed by atoms with Gasteiger partial charge < -0.3 is 10.4 Å². The first-order chi connectivity index (χ1) is 11.6. The van der Waals surface area contributed by atoms with Gasteiger partial charge in [-0.05, 0) is 31.0 Å². The van der Waals surface area contributed by atoms with Gasteiger partial charge in [-0.3, -0.25) is 9.48 Å². The van der Waals surface area contributed by atoms with Crippen molar-refractivity contribution in [3.05, 3.63) is 60.2 Å². The van der Waals surface area contributed by atoms with Crippen LogP contribution in [0.2, 0.25) is 0 Å². The fourth-order valence-corrected chi connectivity index (χ4v) is 2.36. The summed E-state index contributed by atoms with van der Waals surface area (Å²) in [6, 6.07) is 9.32. The van der Waals surface area contributed by atoms with Gasteiger partial charge in [0.05, 0.1) is 18.1 Å². The minimum absolute atomic E-state index is 0.0220. The zero-order chi connectivity index (χ0) is 16.9. The fourth-order valence-electron chi connectivity index (χ4n) is 2.36. The van der Waals surface area contributed by atoms with Gasteiger partial charge in [-0.1, -0.05) is 18.2 Å². The van der Waals surface area contributed by atoms with Gasteiger partial charge >= 0.3 is 0 Å². The summed E-state index contributed by atoms with van der Waals surface area (Å²) in [5.74, 6) is -0.530. The number of aryl methyl sites for hydroxylation is 2. The molecule has 1 aromatic carbocycles. The molecule has 0 radical (unpaired) electrons. The summed E-state index contributed by atoms with van der Waals surface area (Å²) in [6.45, 7) is 3.19. The Balaban J connectivity index is 1.56. The molecule has 0 unspecified atom stereocenters. The second-order valence-electron chi connectivity index (χ2n) is 5.53. The minimum atomic E-state index is -0.390. The van der Waals surface area contributed by atoms with E-state index < -0.39 is 0 Å². The highest BCUT2D eigenvalue weighted by atomic mass is 16.3. The molecular weight excluding hydrogens is 306 g/mol. The molecule has 0 aliphatic carbocycles. The van der Waals surface area contributed by atoms with Crippen molar-refractivity contribution in [1.82, 2.24) is 24.9 Å². The van der Waals surface area contributed by atoms with Crippen LogP contribution in [-0.4, -0.2) is 37.1 Å². The Morgan fingerprint density at radius 2 is 2.04 bits per heavy atom. The third kappa shape index (κ3) is 3.62. The van der Waals surface area contributed by atoms with Crippen molar-refractivity contribution >= 4 is 5.91 Å². The maximum absolute atomic E-state index is 12.2. The Morgan fingerprint density at radius 1 is 1.25 bits per heavy atom. The zero-order valence-corrected chi connectivity index (χ0v) is 13.4. The summed E-state index contributed by atoms with van der Waals surface area (Å²) in [5, 5.41) is 21.1. The molecule has 3 rings (SSSR count). The van der Waals surface area contributed by atoms with E-state index in [-0.39, 0.29) is 17.4 Å². The van der Waals surface area contributed by atoms with Crippen LogP contribution in [0.1, 0.15) is 22.5 Å². The van der Waals surface area contributed by atoms with Crippen molar-refractivity contribution in [3.8, 4) is 11.4 Å². The summed E-state index contributed by atoms with van der Waals surface area (Å²) >= 11 is 0. The predicted molar refractivity (Wildman–Crippen MR) is 89.1 cm³/mol. The number of aromatic nitrogens is 4. The number of carbonyl (C=O) groups excluding carboxylic acids is 1. The number of aromatic hydroxyl groups is 1. The molecule has 0 saturated carbocycles. The molecule has 2 heterocycles. The lowest BCUT2D eigenvalue weighted by molar-refractivity contribution is 0.0944. The van der Waals surface area contributed by atoms with Crippen molar-refractivity contribution in [2.45, 2.75) is 19.9 Å². The highest BCUT2D eigenvalue weighted by Gasteiger charge is 2.16. The summed E-state index contributed by atoms with van der Waals surface area (Å²) in [4.78, 5) is 12.2. The summed E-state index contributed by atoms with van der Waals surface area (Å²) < 4.78 is 3.32. The van der Waals surface area contributed by atoms with E-state index in [4.69, 9.17) is 0 Å². The number of benzene rings is 1. The van der Waals surface area contributed by atoms with E-state index in [1.807, 2.05) is 48.1 Å². The van der Waals surface area contributed by atoms with E-state index in [0.717, 1.165) is 24.2 Å². The Labute approximate surface area is 139 Å². The van der Waals surface area contributed by atoms with Crippen molar-refractivity contribution in [2.75, 3.05) is 6.54 Å². The zero-order valence-electron chi connectivity index (χ0n) is 13.4. The first kappa shape index (κ1) is 15.8. The highest BCUT2D eigenvalue weighted by Crippen LogP contribution is 2.17. The number of hydrogen-bond acceptors (Lipinski definition) is 4. The summed E-state index contributed by atoms with van der Waals surface area (Å²) in [5.41, 5.74) is 1.91. The molecule has 124 valence electrons. The highest BCUT2D eigenvalue weighted by molar-refractivity contribution is 5.94. The van der Waals surface area contributed by atoms with Crippen LogP contribution in [0.5, 0.6) is 5.75 Å². The quantitative estimate of drug-likeness (QED) is 0.678. The lowest BCUT2D eigenvalue weighted by atomic mass is 10.3. The second-order valence-corrected chi connectivity index (χ2v) is 5.53. The fraction of sp³-hybridized carbons (Fsp3) is 0.235. The molecule has 0 fully saturated rings. The van der Waals surface area contributed by atoms with Crippen LogP contribution in [0.4, 0.5) is 0 Å². The third-order valence-corrected chi connectivity index (χ3v) is 3.54. The van der Waals surface area contributed by atoms with Crippen molar-refractivity contribution in [3.63, 3.8) is 0 Å². The molecule has 1 amide bonds. The van der Waals surface area contributed by atoms with Crippen molar-refractivity contribution < 1.29 is 9.90 Å². The van der Waals surface area contributed by atoms with Crippen LogP contribution >= 0.6 is 0 Å². The number of rotatable bonds is 6. The van der Waals surface area contributed by atoms with E-state index in [9.17, 15) is 9.90 Å². The van der Waals surface area contributed by atoms with Gasteiger partial charge in [-0.25, -0.2) is 4.68 Å². The standard InChI is InChI=1S/C17H19N5O2/c1-13-10-19-21(11-13)9-5-8-18-17(24)16-15(23)12-22(20-16)14-6-3-2-4-7-14/h2-4,6-7,10-12,23H,5,8-9H2,1H3,(H,18,24). The number of nitrogens with zero attached hydrogens (tertiary/aromatic N) is 4. The first-order valence-corrected chi connectivity index (χ1v) is 7.75. The molecule has 0 atom stereocenters. The Hall–Kier alpha value is -3.09. The van der Waals surface area contributed by atoms with Crippen LogP contribution in [-0.2, 0) is 6.54 Å². The van der Waals surface area contributed by atoms with Crippen LogP contribution in [0, 0.1) is 6.92 Å². The smallest absolute Gasteiger partial charge is 0.275 e. The molecule has 2 N–H and O–H groups in total. The van der Waals surface area contributed by atoms with Gasteiger partial charge in [0.2, 0.25) is 0 Å². The summed E-state index contributed by atoms with van der Waals surface area (Å²) in [6.07, 6.45) is 5.92. The normalized spacial score (nSPS) is 10.7. The molecule has 7 nitrogen and oxygen atoms in total. The van der Waals surface area contributed by atoms with Crippen molar-refractivity contribution in [1.29, 1.82) is 0 Å². The topological polar surface area (TPSA) is 85.0 Å². The van der Waals surface area contributed by atoms with Gasteiger partial charge in [-0.15, -0.1) is 0 Å². The third-order valence-electron chi connectivity index (χ3n) is 3.54. The average molecular weight is 325 g/mol. The largest absolute Gasteiger partial charge is 0.504 e. The van der Waals surface area contributed by atoms with Crippen molar-refractivity contribution in [2.24, 2.45) is 0 Å². The molecule has 0 aliphatic heterocycles. The van der Waals surface area contributed by atoms with E-state index >= 15 is 0 Å². The Bertz CT molecular complexity index is 823. The number of amides is 1. The molecule has 3 aromatic rings. The van der Waals surface area contributed by atoms with E-state index in [0.29, 0.717) is 6.54 Å². The molecular formula is C17H19N5O2. The van der Waals surface area contributed by atoms with Gasteiger partial charge in [0, 0.05) is 19.3 Å². The Morgan fingerprint density at radius 3 is 2.75 bits per heavy atom. The van der Waals surface area contributed by atoms with Crippen LogP contribution in [0.3, 0.4) is 0 Å². The molecule has 24 heavy (non-hydrogen) atoms. The molecule has 7 heteroatoms. The lowest BCUT2D eigenvalue weighted by Crippen LogP contribution is -2.26. The van der Waals surface area contributed by atoms with Gasteiger partial charge in [0.1, 0.15) is 0 Å². The minimum Gasteiger partial charge on any atom is -0.504 e. The van der Waals surface area contributed by atoms with Gasteiger partial charge in [0.25, 0.3) is 5.91 Å². The van der Waals surface area contributed by atoms with Gasteiger partial charge in [0.15, 0.2) is 11.4 Å². The van der Waals surface area contributed by atoms with Gasteiger partial charge in [-0.2, -0.15) is 10.2 Å². The second kappa shape index (κ2) is 6.99. The van der Waals surface area contributed by atoms with Crippen LogP contribution in [0.25, 0.3) is 5.69 Å². The van der Waals surface area contributed by atoms with Crippen LogP contribution < -0.4 is 5.32 Å². The maximum Gasteiger partial charge on any atom is 0.275 e. The maximum atomic E-state index is 12.2. The van der Waals surface area contributed by atoms with Crippen LogP contribution in [0.15, 0.2) is 48.9 Å². The van der Waals surface area contributed by atoms with E-state index in [2.05, 4.69) is 15.5 Å². The first-order valence-electron chi connectivity index (χ1n) is 7.75. The molecule has 0 saturated heterocycles. The Kier molecular flexibility index (Phi) is 4.60. The lowest BCUT2D eigenvalue weighted by Gasteiger charge is -2.04. The molecule has 0 aliphatic rings. The molecule has 0 bridgehead atoms. The van der Waals surface area contributed by atoms with E-state index in [1.54, 1.807) is 6.20 Å². The number of para-hydroxylation sites is 1. The molecule has 2 aromatic heterocycles. The number of nitrogens with one attached hydrogen (secondary N) is 1. The number of hydrogen-bond donors (Lipinski definition) is 2. The predicted octanol–water partition coefficient (Wildman–Crippen LogP) is 1.90. The number of carbonyl (C=O) groups is 1. The molecule has 0 spiro atoms. The SMILES string of the molecule is Cc1cnn(CCCNC(=O)c2nn(-c3ccccc3)cc2O)c1. The monoisotopic (exact) mass is 325 g/mol.